The van der Waals surface area contributed by atoms with Crippen LogP contribution in [0.2, 0.25) is 5.02 Å². The Kier molecular flexibility index (Phi) is 5.74. The van der Waals surface area contributed by atoms with Crippen LogP contribution in [0.25, 0.3) is 0 Å². The predicted molar refractivity (Wildman–Crippen MR) is 91.0 cm³/mol. The summed E-state index contributed by atoms with van der Waals surface area (Å²) in [7, 11) is -3.78. The lowest BCUT2D eigenvalue weighted by molar-refractivity contribution is 0.288. The Morgan fingerprint density at radius 1 is 1.00 bits per heavy atom. The molecule has 0 atom stereocenters. The third-order valence-electron chi connectivity index (χ3n) is 2.92. The van der Waals surface area contributed by atoms with Crippen molar-refractivity contribution in [1.82, 2.24) is 0 Å². The summed E-state index contributed by atoms with van der Waals surface area (Å²) in [5.74, 6) is 1.05. The molecule has 2 aromatic rings. The van der Waals surface area contributed by atoms with Crippen LogP contribution in [0.3, 0.4) is 0 Å². The van der Waals surface area contributed by atoms with Crippen LogP contribution in [0.1, 0.15) is 13.8 Å². The molecule has 0 aliphatic rings. The zero-order chi connectivity index (χ0) is 16.9. The van der Waals surface area contributed by atoms with E-state index in [0.29, 0.717) is 30.4 Å². The van der Waals surface area contributed by atoms with E-state index in [2.05, 4.69) is 4.72 Å². The smallest absolute Gasteiger partial charge is 0.263 e. The average molecular weight is 356 g/mol. The van der Waals surface area contributed by atoms with Crippen LogP contribution in [-0.4, -0.2) is 21.6 Å². The van der Waals surface area contributed by atoms with Gasteiger partial charge in [-0.3, -0.25) is 4.72 Å². The van der Waals surface area contributed by atoms with Crippen LogP contribution in [0, 0.1) is 0 Å². The van der Waals surface area contributed by atoms with Gasteiger partial charge in [0, 0.05) is 6.07 Å². The number of anilines is 1. The van der Waals surface area contributed by atoms with Gasteiger partial charge in [-0.15, -0.1) is 0 Å². The van der Waals surface area contributed by atoms with Gasteiger partial charge in [0.1, 0.15) is 4.90 Å². The Labute approximate surface area is 141 Å². The third-order valence-corrected chi connectivity index (χ3v) is 4.80. The quantitative estimate of drug-likeness (QED) is 0.817. The van der Waals surface area contributed by atoms with Crippen LogP contribution in [0.15, 0.2) is 47.4 Å². The van der Waals surface area contributed by atoms with Crippen LogP contribution in [-0.2, 0) is 10.0 Å². The molecule has 0 heterocycles. The maximum atomic E-state index is 12.4. The fourth-order valence-electron chi connectivity index (χ4n) is 1.99. The van der Waals surface area contributed by atoms with Crippen LogP contribution >= 0.6 is 11.6 Å². The SMILES string of the molecule is CCOc1ccc(NS(=O)(=O)c2ccccc2Cl)cc1OCC. The molecular weight excluding hydrogens is 338 g/mol. The summed E-state index contributed by atoms with van der Waals surface area (Å²) in [6.45, 7) is 4.64. The first-order valence-electron chi connectivity index (χ1n) is 7.15. The summed E-state index contributed by atoms with van der Waals surface area (Å²) >= 11 is 5.96. The van der Waals surface area contributed by atoms with E-state index in [1.807, 2.05) is 13.8 Å². The third kappa shape index (κ3) is 4.30. The van der Waals surface area contributed by atoms with E-state index in [1.54, 1.807) is 30.3 Å². The maximum absolute atomic E-state index is 12.4. The molecule has 5 nitrogen and oxygen atoms in total. The van der Waals surface area contributed by atoms with Crippen LogP contribution in [0.4, 0.5) is 5.69 Å². The molecule has 0 aliphatic carbocycles. The van der Waals surface area contributed by atoms with Crippen molar-refractivity contribution in [3.8, 4) is 11.5 Å². The number of nitrogens with one attached hydrogen (secondary N) is 1. The number of sulfonamides is 1. The van der Waals surface area contributed by atoms with E-state index in [-0.39, 0.29) is 9.92 Å². The topological polar surface area (TPSA) is 64.6 Å². The summed E-state index contributed by atoms with van der Waals surface area (Å²) in [6, 6.07) is 11.1. The van der Waals surface area contributed by atoms with Gasteiger partial charge in [0.05, 0.1) is 23.9 Å². The summed E-state index contributed by atoms with van der Waals surface area (Å²) in [6.07, 6.45) is 0. The second-order valence-electron chi connectivity index (χ2n) is 4.56. The Bertz CT molecular complexity index is 777. The number of rotatable bonds is 7. The summed E-state index contributed by atoms with van der Waals surface area (Å²) < 4.78 is 38.3. The second-order valence-corrected chi connectivity index (χ2v) is 6.62. The molecule has 0 aromatic heterocycles. The number of ether oxygens (including phenoxy) is 2. The normalized spacial score (nSPS) is 11.1. The zero-order valence-electron chi connectivity index (χ0n) is 12.9. The van der Waals surface area contributed by atoms with Gasteiger partial charge in [-0.25, -0.2) is 8.42 Å². The first kappa shape index (κ1) is 17.4. The van der Waals surface area contributed by atoms with Crippen molar-refractivity contribution in [2.45, 2.75) is 18.7 Å². The molecule has 0 bridgehead atoms. The highest BCUT2D eigenvalue weighted by Gasteiger charge is 2.18. The van der Waals surface area contributed by atoms with Crippen LogP contribution in [0.5, 0.6) is 11.5 Å². The van der Waals surface area contributed by atoms with Gasteiger partial charge in [0.2, 0.25) is 0 Å². The predicted octanol–water partition coefficient (Wildman–Crippen LogP) is 3.94. The molecule has 0 radical (unpaired) electrons. The Morgan fingerprint density at radius 3 is 2.30 bits per heavy atom. The molecule has 2 aromatic carbocycles. The number of hydrogen-bond donors (Lipinski definition) is 1. The van der Waals surface area contributed by atoms with E-state index in [9.17, 15) is 8.42 Å². The summed E-state index contributed by atoms with van der Waals surface area (Å²) in [5.41, 5.74) is 0.372. The van der Waals surface area contributed by atoms with Gasteiger partial charge < -0.3 is 9.47 Å². The fourth-order valence-corrected chi connectivity index (χ4v) is 3.56. The van der Waals surface area contributed by atoms with Gasteiger partial charge >= 0.3 is 0 Å². The molecule has 124 valence electrons. The van der Waals surface area contributed by atoms with E-state index >= 15 is 0 Å². The highest BCUT2D eigenvalue weighted by Crippen LogP contribution is 2.32. The van der Waals surface area contributed by atoms with Crippen LogP contribution < -0.4 is 14.2 Å². The molecule has 1 N–H and O–H groups in total. The highest BCUT2D eigenvalue weighted by atomic mass is 35.5. The fraction of sp³-hybridized carbons (Fsp3) is 0.250. The summed E-state index contributed by atoms with van der Waals surface area (Å²) in [4.78, 5) is 0.0218. The Hall–Kier alpha value is -1.92. The van der Waals surface area contributed by atoms with Crippen molar-refractivity contribution in [1.29, 1.82) is 0 Å². The lowest BCUT2D eigenvalue weighted by Gasteiger charge is -2.14. The minimum absolute atomic E-state index is 0.0218. The standard InChI is InChI=1S/C16H18ClNO4S/c1-3-21-14-10-9-12(11-15(14)22-4-2)18-23(19,20)16-8-6-5-7-13(16)17/h5-11,18H,3-4H2,1-2H3. The maximum Gasteiger partial charge on any atom is 0.263 e. The first-order chi connectivity index (χ1) is 11.0. The van der Waals surface area contributed by atoms with E-state index in [0.717, 1.165) is 0 Å². The first-order valence-corrected chi connectivity index (χ1v) is 9.01. The average Bonchev–Trinajstić information content (AvgIpc) is 2.50. The Morgan fingerprint density at radius 2 is 1.65 bits per heavy atom. The zero-order valence-corrected chi connectivity index (χ0v) is 14.4. The molecule has 0 spiro atoms. The minimum atomic E-state index is -3.78. The lowest BCUT2D eigenvalue weighted by Crippen LogP contribution is -2.13. The van der Waals surface area contributed by atoms with E-state index in [1.165, 1.54) is 12.1 Å². The molecule has 0 saturated carbocycles. The largest absolute Gasteiger partial charge is 0.490 e. The van der Waals surface area contributed by atoms with E-state index < -0.39 is 10.0 Å². The van der Waals surface area contributed by atoms with Gasteiger partial charge in [0.15, 0.2) is 11.5 Å². The lowest BCUT2D eigenvalue weighted by atomic mass is 10.3. The molecule has 7 heteroatoms. The van der Waals surface area contributed by atoms with Gasteiger partial charge in [-0.2, -0.15) is 0 Å². The van der Waals surface area contributed by atoms with Crippen molar-refractivity contribution >= 4 is 27.3 Å². The van der Waals surface area contributed by atoms with Gasteiger partial charge in [-0.1, -0.05) is 23.7 Å². The molecule has 0 saturated heterocycles. The minimum Gasteiger partial charge on any atom is -0.490 e. The van der Waals surface area contributed by atoms with Gasteiger partial charge in [0.25, 0.3) is 10.0 Å². The van der Waals surface area contributed by atoms with Crippen molar-refractivity contribution in [3.05, 3.63) is 47.5 Å². The van der Waals surface area contributed by atoms with Crippen molar-refractivity contribution in [2.24, 2.45) is 0 Å². The Balaban J connectivity index is 2.32. The second kappa shape index (κ2) is 7.57. The van der Waals surface area contributed by atoms with E-state index in [4.69, 9.17) is 21.1 Å². The molecule has 2 rings (SSSR count). The van der Waals surface area contributed by atoms with Crippen molar-refractivity contribution < 1.29 is 17.9 Å². The molecule has 0 fully saturated rings. The highest BCUT2D eigenvalue weighted by molar-refractivity contribution is 7.92. The monoisotopic (exact) mass is 355 g/mol. The number of halogens is 1. The molecule has 0 unspecified atom stereocenters. The van der Waals surface area contributed by atoms with Crippen molar-refractivity contribution in [3.63, 3.8) is 0 Å². The number of benzene rings is 2. The molecule has 0 aliphatic heterocycles. The molecular formula is C16H18ClNO4S. The van der Waals surface area contributed by atoms with Gasteiger partial charge in [-0.05, 0) is 38.1 Å². The summed E-state index contributed by atoms with van der Waals surface area (Å²) in [5, 5.41) is 0.163. The molecule has 0 amide bonds. The van der Waals surface area contributed by atoms with Crippen molar-refractivity contribution in [2.75, 3.05) is 17.9 Å². The number of hydrogen-bond acceptors (Lipinski definition) is 4. The molecule has 23 heavy (non-hydrogen) atoms.